The van der Waals surface area contributed by atoms with Gasteiger partial charge in [0.1, 0.15) is 4.90 Å². The monoisotopic (exact) mass is 438 g/mol. The minimum atomic E-state index is -3.77. The molecule has 8 heteroatoms. The van der Waals surface area contributed by atoms with E-state index in [1.807, 2.05) is 0 Å². The maximum absolute atomic E-state index is 12.4. The smallest absolute Gasteiger partial charge is 0.264 e. The molecule has 2 rings (SSSR count). The van der Waals surface area contributed by atoms with Crippen molar-refractivity contribution in [3.8, 4) is 0 Å². The molecule has 0 spiro atoms. The molecular weight excluding hydrogens is 431 g/mol. The van der Waals surface area contributed by atoms with Crippen LogP contribution in [0.5, 0.6) is 0 Å². The minimum absolute atomic E-state index is 0.0756. The van der Waals surface area contributed by atoms with Gasteiger partial charge in [0, 0.05) is 19.7 Å². The summed E-state index contributed by atoms with van der Waals surface area (Å²) in [4.78, 5) is 0.0756. The van der Waals surface area contributed by atoms with Crippen LogP contribution >= 0.6 is 43.5 Å². The molecule has 0 aliphatic heterocycles. The van der Waals surface area contributed by atoms with Crippen molar-refractivity contribution in [3.05, 3.63) is 50.4 Å². The zero-order valence-corrected chi connectivity index (χ0v) is 14.6. The number of nitrogens with two attached hydrogens (primary N) is 1. The van der Waals surface area contributed by atoms with Crippen LogP contribution in [0.2, 0.25) is 5.02 Å². The molecule has 3 N–H and O–H groups in total. The molecular formula is C12H9Br2ClN2O2S. The Hall–Kier alpha value is -0.760. The van der Waals surface area contributed by atoms with E-state index in [2.05, 4.69) is 36.6 Å². The van der Waals surface area contributed by atoms with Crippen LogP contribution in [0, 0.1) is 0 Å². The summed E-state index contributed by atoms with van der Waals surface area (Å²) in [5.41, 5.74) is 6.48. The summed E-state index contributed by atoms with van der Waals surface area (Å²) in [6.07, 6.45) is 0. The number of sulfonamides is 1. The second kappa shape index (κ2) is 5.93. The summed E-state index contributed by atoms with van der Waals surface area (Å²) < 4.78 is 28.0. The first-order valence-corrected chi connectivity index (χ1v) is 8.77. The van der Waals surface area contributed by atoms with Crippen molar-refractivity contribution < 1.29 is 8.42 Å². The number of nitrogen functional groups attached to an aromatic ring is 1. The number of hydrogen-bond acceptors (Lipinski definition) is 3. The first kappa shape index (κ1) is 15.6. The normalized spacial score (nSPS) is 11.3. The summed E-state index contributed by atoms with van der Waals surface area (Å²) in [7, 11) is -3.77. The van der Waals surface area contributed by atoms with Crippen LogP contribution in [0.4, 0.5) is 11.4 Å². The van der Waals surface area contributed by atoms with Gasteiger partial charge in [0.25, 0.3) is 10.0 Å². The van der Waals surface area contributed by atoms with Gasteiger partial charge in [-0.1, -0.05) is 17.7 Å². The van der Waals surface area contributed by atoms with E-state index in [9.17, 15) is 8.42 Å². The van der Waals surface area contributed by atoms with Gasteiger partial charge in [-0.2, -0.15) is 0 Å². The van der Waals surface area contributed by atoms with Crippen LogP contribution in [0.15, 0.2) is 50.2 Å². The van der Waals surface area contributed by atoms with Crippen LogP contribution < -0.4 is 10.5 Å². The fraction of sp³-hybridized carbons (Fsp3) is 0. The lowest BCUT2D eigenvalue weighted by Gasteiger charge is -2.12. The Morgan fingerprint density at radius 2 is 1.70 bits per heavy atom. The molecule has 0 saturated heterocycles. The summed E-state index contributed by atoms with van der Waals surface area (Å²) in [5.74, 6) is 0. The fourth-order valence-electron chi connectivity index (χ4n) is 1.59. The highest BCUT2D eigenvalue weighted by atomic mass is 79.9. The molecule has 0 aliphatic carbocycles. The largest absolute Gasteiger partial charge is 0.399 e. The van der Waals surface area contributed by atoms with Crippen molar-refractivity contribution in [1.82, 2.24) is 0 Å². The Kier molecular flexibility index (Phi) is 4.63. The number of rotatable bonds is 3. The molecule has 0 radical (unpaired) electrons. The van der Waals surface area contributed by atoms with Crippen molar-refractivity contribution in [2.75, 3.05) is 10.5 Å². The lowest BCUT2D eigenvalue weighted by Crippen LogP contribution is -2.14. The Morgan fingerprint density at radius 3 is 2.25 bits per heavy atom. The van der Waals surface area contributed by atoms with Gasteiger partial charge in [0.2, 0.25) is 0 Å². The molecule has 0 bridgehead atoms. The standard InChI is InChI=1S/C12H9Br2ClN2O2S/c13-10-5-8(16)6-11(14)12(10)20(18,19)17-9-3-1-2-7(15)4-9/h1-6,17H,16H2. The van der Waals surface area contributed by atoms with Crippen molar-refractivity contribution in [1.29, 1.82) is 0 Å². The second-order valence-electron chi connectivity index (χ2n) is 3.93. The Balaban J connectivity index is 2.46. The molecule has 106 valence electrons. The van der Waals surface area contributed by atoms with E-state index in [0.29, 0.717) is 25.3 Å². The molecule has 2 aromatic rings. The van der Waals surface area contributed by atoms with E-state index in [1.54, 1.807) is 18.2 Å². The van der Waals surface area contributed by atoms with Gasteiger partial charge in [0.15, 0.2) is 0 Å². The molecule has 0 amide bonds. The fourth-order valence-corrected chi connectivity index (χ4v) is 5.46. The number of anilines is 2. The Morgan fingerprint density at radius 1 is 1.10 bits per heavy atom. The molecule has 0 fully saturated rings. The first-order chi connectivity index (χ1) is 9.29. The highest BCUT2D eigenvalue weighted by Gasteiger charge is 2.22. The van der Waals surface area contributed by atoms with Gasteiger partial charge in [-0.15, -0.1) is 0 Å². The predicted octanol–water partition coefficient (Wildman–Crippen LogP) is 4.25. The highest BCUT2D eigenvalue weighted by Crippen LogP contribution is 2.33. The molecule has 0 saturated carbocycles. The SMILES string of the molecule is Nc1cc(Br)c(S(=O)(=O)Nc2cccc(Cl)c2)c(Br)c1. The summed E-state index contributed by atoms with van der Waals surface area (Å²) in [6, 6.07) is 9.51. The topological polar surface area (TPSA) is 72.2 Å². The maximum Gasteiger partial charge on any atom is 0.264 e. The van der Waals surface area contributed by atoms with Crippen LogP contribution in [-0.4, -0.2) is 8.42 Å². The third kappa shape index (κ3) is 3.46. The van der Waals surface area contributed by atoms with E-state index in [1.165, 1.54) is 18.2 Å². The average Bonchev–Trinajstić information content (AvgIpc) is 2.25. The minimum Gasteiger partial charge on any atom is -0.399 e. The average molecular weight is 441 g/mol. The van der Waals surface area contributed by atoms with Crippen molar-refractivity contribution in [2.24, 2.45) is 0 Å². The van der Waals surface area contributed by atoms with E-state index in [-0.39, 0.29) is 4.90 Å². The first-order valence-electron chi connectivity index (χ1n) is 5.32. The van der Waals surface area contributed by atoms with Gasteiger partial charge in [-0.3, -0.25) is 4.72 Å². The zero-order valence-electron chi connectivity index (χ0n) is 9.90. The van der Waals surface area contributed by atoms with E-state index >= 15 is 0 Å². The van der Waals surface area contributed by atoms with Gasteiger partial charge in [-0.05, 0) is 62.2 Å². The molecule has 4 nitrogen and oxygen atoms in total. The molecule has 0 aliphatic rings. The molecule has 0 heterocycles. The van der Waals surface area contributed by atoms with Crippen LogP contribution in [-0.2, 0) is 10.0 Å². The summed E-state index contributed by atoms with van der Waals surface area (Å²) in [6.45, 7) is 0. The van der Waals surface area contributed by atoms with Crippen LogP contribution in [0.1, 0.15) is 0 Å². The second-order valence-corrected chi connectivity index (χ2v) is 7.69. The number of halogens is 3. The molecule has 0 unspecified atom stereocenters. The lowest BCUT2D eigenvalue weighted by atomic mass is 10.3. The molecule has 20 heavy (non-hydrogen) atoms. The Bertz CT molecular complexity index is 743. The van der Waals surface area contributed by atoms with Crippen LogP contribution in [0.3, 0.4) is 0 Å². The van der Waals surface area contributed by atoms with Crippen molar-refractivity contribution in [2.45, 2.75) is 4.90 Å². The molecule has 0 atom stereocenters. The number of benzene rings is 2. The Labute approximate surface area is 138 Å². The summed E-state index contributed by atoms with van der Waals surface area (Å²) in [5, 5.41) is 0.445. The van der Waals surface area contributed by atoms with Crippen molar-refractivity contribution in [3.63, 3.8) is 0 Å². The van der Waals surface area contributed by atoms with E-state index in [0.717, 1.165) is 0 Å². The molecule has 0 aromatic heterocycles. The predicted molar refractivity (Wildman–Crippen MR) is 88.5 cm³/mol. The number of hydrogen-bond donors (Lipinski definition) is 2. The quantitative estimate of drug-likeness (QED) is 0.701. The van der Waals surface area contributed by atoms with E-state index < -0.39 is 10.0 Å². The zero-order chi connectivity index (χ0) is 14.9. The number of nitrogens with one attached hydrogen (secondary N) is 1. The van der Waals surface area contributed by atoms with Gasteiger partial charge in [0.05, 0.1) is 5.69 Å². The van der Waals surface area contributed by atoms with Gasteiger partial charge < -0.3 is 5.73 Å². The van der Waals surface area contributed by atoms with E-state index in [4.69, 9.17) is 17.3 Å². The highest BCUT2D eigenvalue weighted by molar-refractivity contribution is 9.11. The lowest BCUT2D eigenvalue weighted by molar-refractivity contribution is 0.600. The van der Waals surface area contributed by atoms with Gasteiger partial charge in [-0.25, -0.2) is 8.42 Å². The third-order valence-electron chi connectivity index (χ3n) is 2.37. The van der Waals surface area contributed by atoms with Crippen molar-refractivity contribution >= 4 is 64.9 Å². The third-order valence-corrected chi connectivity index (χ3v) is 5.86. The maximum atomic E-state index is 12.4. The van der Waals surface area contributed by atoms with Crippen LogP contribution in [0.25, 0.3) is 0 Å². The summed E-state index contributed by atoms with van der Waals surface area (Å²) >= 11 is 12.2. The van der Waals surface area contributed by atoms with Gasteiger partial charge >= 0.3 is 0 Å². The molecule has 2 aromatic carbocycles.